The van der Waals surface area contributed by atoms with Crippen molar-refractivity contribution in [3.05, 3.63) is 49.2 Å². The van der Waals surface area contributed by atoms with E-state index in [1.165, 1.54) is 25.0 Å². The van der Waals surface area contributed by atoms with Crippen LogP contribution in [0.4, 0.5) is 0 Å². The lowest BCUT2D eigenvalue weighted by molar-refractivity contribution is 0.131. The summed E-state index contributed by atoms with van der Waals surface area (Å²) in [6, 6.07) is 0. The fourth-order valence-electron chi connectivity index (χ4n) is 0.527. The maximum absolute atomic E-state index is 5.09. The molecule has 0 bridgehead atoms. The second-order valence-electron chi connectivity index (χ2n) is 2.22. The number of hydrogen-bond donors (Lipinski definition) is 0. The van der Waals surface area contributed by atoms with Gasteiger partial charge in [0.05, 0.1) is 18.8 Å². The Morgan fingerprint density at radius 3 is 1.71 bits per heavy atom. The smallest absolute Gasteiger partial charge is 0.326 e. The Labute approximate surface area is 85.0 Å². The van der Waals surface area contributed by atoms with Gasteiger partial charge in [-0.3, -0.25) is 0 Å². The van der Waals surface area contributed by atoms with Crippen LogP contribution in [0.25, 0.3) is 0 Å². The average molecular weight is 196 g/mol. The van der Waals surface area contributed by atoms with Crippen molar-refractivity contribution in [2.24, 2.45) is 0 Å². The monoisotopic (exact) mass is 196 g/mol. The zero-order valence-corrected chi connectivity index (χ0v) is 8.77. The molecule has 0 aliphatic carbocycles. The Hall–Kier alpha value is -1.64. The largest absolute Gasteiger partial charge is 0.466 e. The Bertz CT molecular complexity index is 221. The standard InChI is InChI=1S/C11H16O3/c1-4-7-12-10-11(13-8-5-2)14-9-6-3/h4-10H,1-3H3. The van der Waals surface area contributed by atoms with Crippen molar-refractivity contribution in [1.82, 2.24) is 0 Å². The zero-order valence-electron chi connectivity index (χ0n) is 8.77. The maximum Gasteiger partial charge on any atom is 0.326 e. The molecule has 0 aromatic carbocycles. The van der Waals surface area contributed by atoms with E-state index in [1.807, 2.05) is 20.8 Å². The number of ether oxygens (including phenoxy) is 3. The highest BCUT2D eigenvalue weighted by Gasteiger charge is 1.94. The van der Waals surface area contributed by atoms with Crippen LogP contribution in [0.3, 0.4) is 0 Å². The van der Waals surface area contributed by atoms with E-state index in [-0.39, 0.29) is 5.95 Å². The Morgan fingerprint density at radius 2 is 1.29 bits per heavy atom. The fraction of sp³-hybridized carbons (Fsp3) is 0.273. The van der Waals surface area contributed by atoms with Gasteiger partial charge < -0.3 is 14.2 Å². The SMILES string of the molecule is CC=COC=C(OC=CC)OC=CC. The molecule has 0 radical (unpaired) electrons. The van der Waals surface area contributed by atoms with E-state index in [0.717, 1.165) is 0 Å². The predicted molar refractivity (Wildman–Crippen MR) is 55.8 cm³/mol. The first-order valence-electron chi connectivity index (χ1n) is 4.37. The van der Waals surface area contributed by atoms with Crippen LogP contribution in [0.15, 0.2) is 49.2 Å². The van der Waals surface area contributed by atoms with Gasteiger partial charge in [0, 0.05) is 0 Å². The highest BCUT2D eigenvalue weighted by atomic mass is 16.7. The molecule has 0 aliphatic rings. The third kappa shape index (κ3) is 7.03. The maximum atomic E-state index is 5.09. The molecule has 0 atom stereocenters. The van der Waals surface area contributed by atoms with E-state index in [0.29, 0.717) is 0 Å². The summed E-state index contributed by atoms with van der Waals surface area (Å²) in [4.78, 5) is 0. The lowest BCUT2D eigenvalue weighted by Crippen LogP contribution is -1.88. The molecule has 3 heteroatoms. The molecule has 0 spiro atoms. The zero-order chi connectivity index (χ0) is 10.6. The highest BCUT2D eigenvalue weighted by molar-refractivity contribution is 4.86. The van der Waals surface area contributed by atoms with Crippen molar-refractivity contribution in [2.45, 2.75) is 20.8 Å². The molecule has 0 unspecified atom stereocenters. The quantitative estimate of drug-likeness (QED) is 0.609. The first kappa shape index (κ1) is 12.4. The van der Waals surface area contributed by atoms with Crippen LogP contribution in [0.5, 0.6) is 0 Å². The molecule has 0 saturated heterocycles. The minimum Gasteiger partial charge on any atom is -0.466 e. The summed E-state index contributed by atoms with van der Waals surface area (Å²) in [6.45, 7) is 5.55. The van der Waals surface area contributed by atoms with Crippen molar-refractivity contribution < 1.29 is 14.2 Å². The molecule has 0 N–H and O–H groups in total. The molecule has 0 amide bonds. The van der Waals surface area contributed by atoms with Crippen LogP contribution >= 0.6 is 0 Å². The second kappa shape index (κ2) is 9.45. The molecule has 0 heterocycles. The van der Waals surface area contributed by atoms with Crippen molar-refractivity contribution in [2.75, 3.05) is 0 Å². The van der Waals surface area contributed by atoms with E-state index in [2.05, 4.69) is 0 Å². The van der Waals surface area contributed by atoms with Crippen LogP contribution in [-0.2, 0) is 14.2 Å². The van der Waals surface area contributed by atoms with Crippen molar-refractivity contribution in [3.63, 3.8) is 0 Å². The first-order valence-corrected chi connectivity index (χ1v) is 4.37. The molecule has 0 rings (SSSR count). The number of hydrogen-bond acceptors (Lipinski definition) is 3. The van der Waals surface area contributed by atoms with Gasteiger partial charge in [0.1, 0.15) is 0 Å². The molecule has 0 aromatic rings. The molecule has 0 aliphatic heterocycles. The highest BCUT2D eigenvalue weighted by Crippen LogP contribution is 2.02. The Balaban J connectivity index is 4.13. The molecule has 0 saturated carbocycles. The first-order chi connectivity index (χ1) is 6.85. The van der Waals surface area contributed by atoms with Gasteiger partial charge in [0.15, 0.2) is 6.26 Å². The summed E-state index contributed by atoms with van der Waals surface area (Å²) in [5.74, 6) is 0.277. The number of allylic oxidation sites excluding steroid dienone is 3. The van der Waals surface area contributed by atoms with Crippen LogP contribution < -0.4 is 0 Å². The summed E-state index contributed by atoms with van der Waals surface area (Å²) in [5, 5.41) is 0. The molecule has 0 aromatic heterocycles. The van der Waals surface area contributed by atoms with Crippen LogP contribution in [0.1, 0.15) is 20.8 Å². The fourth-order valence-corrected chi connectivity index (χ4v) is 0.527. The molecule has 0 fully saturated rings. The van der Waals surface area contributed by atoms with Gasteiger partial charge in [-0.05, 0) is 20.8 Å². The van der Waals surface area contributed by atoms with Gasteiger partial charge in [0.2, 0.25) is 0 Å². The van der Waals surface area contributed by atoms with E-state index in [9.17, 15) is 0 Å². The summed E-state index contributed by atoms with van der Waals surface area (Å²) in [7, 11) is 0. The van der Waals surface area contributed by atoms with Gasteiger partial charge in [-0.15, -0.1) is 0 Å². The Kier molecular flexibility index (Phi) is 8.34. The molecular formula is C11H16O3. The van der Waals surface area contributed by atoms with Crippen molar-refractivity contribution in [1.29, 1.82) is 0 Å². The van der Waals surface area contributed by atoms with E-state index in [1.54, 1.807) is 18.2 Å². The molecule has 78 valence electrons. The minimum atomic E-state index is 0.277. The summed E-state index contributed by atoms with van der Waals surface area (Å²) < 4.78 is 15.2. The van der Waals surface area contributed by atoms with E-state index < -0.39 is 0 Å². The van der Waals surface area contributed by atoms with Crippen molar-refractivity contribution >= 4 is 0 Å². The van der Waals surface area contributed by atoms with Gasteiger partial charge in [-0.2, -0.15) is 0 Å². The van der Waals surface area contributed by atoms with Gasteiger partial charge in [0.25, 0.3) is 0 Å². The topological polar surface area (TPSA) is 27.7 Å². The average Bonchev–Trinajstić information content (AvgIpc) is 2.21. The summed E-state index contributed by atoms with van der Waals surface area (Å²) in [6.07, 6.45) is 11.2. The lowest BCUT2D eigenvalue weighted by atomic mass is 10.7. The summed E-state index contributed by atoms with van der Waals surface area (Å²) >= 11 is 0. The van der Waals surface area contributed by atoms with Gasteiger partial charge in [-0.25, -0.2) is 0 Å². The molecule has 3 nitrogen and oxygen atoms in total. The van der Waals surface area contributed by atoms with Gasteiger partial charge >= 0.3 is 5.95 Å². The van der Waals surface area contributed by atoms with Crippen LogP contribution in [-0.4, -0.2) is 0 Å². The van der Waals surface area contributed by atoms with Gasteiger partial charge in [-0.1, -0.05) is 18.2 Å². The number of rotatable bonds is 6. The van der Waals surface area contributed by atoms with Crippen LogP contribution in [0, 0.1) is 0 Å². The normalized spacial score (nSPS) is 11.1. The third-order valence-electron chi connectivity index (χ3n) is 1.02. The minimum absolute atomic E-state index is 0.277. The third-order valence-corrected chi connectivity index (χ3v) is 1.02. The molecular weight excluding hydrogens is 180 g/mol. The van der Waals surface area contributed by atoms with E-state index in [4.69, 9.17) is 14.2 Å². The summed E-state index contributed by atoms with van der Waals surface area (Å²) in [5.41, 5.74) is 0. The second-order valence-corrected chi connectivity index (χ2v) is 2.22. The Morgan fingerprint density at radius 1 is 0.786 bits per heavy atom. The molecule has 14 heavy (non-hydrogen) atoms. The van der Waals surface area contributed by atoms with Crippen molar-refractivity contribution in [3.8, 4) is 0 Å². The predicted octanol–water partition coefficient (Wildman–Crippen LogP) is 3.44. The van der Waals surface area contributed by atoms with Crippen LogP contribution in [0.2, 0.25) is 0 Å². The van der Waals surface area contributed by atoms with E-state index >= 15 is 0 Å². The lowest BCUT2D eigenvalue weighted by Gasteiger charge is -2.03.